The summed E-state index contributed by atoms with van der Waals surface area (Å²) >= 11 is 2.02. The van der Waals surface area contributed by atoms with E-state index in [1.807, 2.05) is 11.8 Å². The van der Waals surface area contributed by atoms with Crippen LogP contribution in [0.2, 0.25) is 0 Å². The van der Waals surface area contributed by atoms with Crippen LogP contribution in [0.1, 0.15) is 27.2 Å². The highest BCUT2D eigenvalue weighted by atomic mass is 32.2. The van der Waals surface area contributed by atoms with Crippen LogP contribution in [0.3, 0.4) is 0 Å². The summed E-state index contributed by atoms with van der Waals surface area (Å²) in [4.78, 5) is 2.30. The summed E-state index contributed by atoms with van der Waals surface area (Å²) < 4.78 is 0. The number of hydrogen-bond donors (Lipinski definition) is 2. The van der Waals surface area contributed by atoms with Gasteiger partial charge in [-0.1, -0.05) is 0 Å². The minimum atomic E-state index is -0.269. The van der Waals surface area contributed by atoms with Crippen molar-refractivity contribution in [3.63, 3.8) is 0 Å². The SMILES string of the molecule is CN(CC(O)CNC(C)(C)C)C1CCSC1. The van der Waals surface area contributed by atoms with Gasteiger partial charge in [0, 0.05) is 30.4 Å². The first-order valence-electron chi connectivity index (χ1n) is 6.09. The predicted molar refractivity (Wildman–Crippen MR) is 72.1 cm³/mol. The molecular formula is C12H26N2OS. The zero-order valence-electron chi connectivity index (χ0n) is 11.0. The average molecular weight is 246 g/mol. The summed E-state index contributed by atoms with van der Waals surface area (Å²) in [6, 6.07) is 0.661. The molecule has 0 bridgehead atoms. The molecular weight excluding hydrogens is 220 g/mol. The molecule has 0 aromatic carbocycles. The Hall–Kier alpha value is 0.230. The summed E-state index contributed by atoms with van der Waals surface area (Å²) in [6.45, 7) is 7.81. The van der Waals surface area contributed by atoms with Crippen LogP contribution in [-0.2, 0) is 0 Å². The summed E-state index contributed by atoms with van der Waals surface area (Å²) in [7, 11) is 2.12. The summed E-state index contributed by atoms with van der Waals surface area (Å²) in [6.07, 6.45) is 0.996. The van der Waals surface area contributed by atoms with E-state index in [1.165, 1.54) is 17.9 Å². The van der Waals surface area contributed by atoms with E-state index in [-0.39, 0.29) is 11.6 Å². The second-order valence-electron chi connectivity index (χ2n) is 5.74. The molecule has 0 radical (unpaired) electrons. The van der Waals surface area contributed by atoms with Gasteiger partial charge in [-0.15, -0.1) is 0 Å². The normalized spacial score (nSPS) is 24.0. The van der Waals surface area contributed by atoms with Crippen LogP contribution in [0.4, 0.5) is 0 Å². The molecule has 1 rings (SSSR count). The smallest absolute Gasteiger partial charge is 0.0791 e. The van der Waals surface area contributed by atoms with Crippen LogP contribution in [0, 0.1) is 0 Å². The van der Waals surface area contributed by atoms with E-state index < -0.39 is 0 Å². The maximum absolute atomic E-state index is 9.93. The van der Waals surface area contributed by atoms with Gasteiger partial charge in [0.2, 0.25) is 0 Å². The number of thioether (sulfide) groups is 1. The molecule has 4 heteroatoms. The molecule has 0 spiro atoms. The molecule has 96 valence electrons. The van der Waals surface area contributed by atoms with Crippen molar-refractivity contribution in [1.82, 2.24) is 10.2 Å². The van der Waals surface area contributed by atoms with Gasteiger partial charge in [0.05, 0.1) is 6.10 Å². The highest BCUT2D eigenvalue weighted by Gasteiger charge is 2.22. The van der Waals surface area contributed by atoms with Gasteiger partial charge >= 0.3 is 0 Å². The molecule has 1 saturated heterocycles. The number of aliphatic hydroxyl groups excluding tert-OH is 1. The Bertz CT molecular complexity index is 200. The molecule has 1 aliphatic heterocycles. The minimum absolute atomic E-state index is 0.0861. The topological polar surface area (TPSA) is 35.5 Å². The molecule has 1 fully saturated rings. The minimum Gasteiger partial charge on any atom is -0.390 e. The van der Waals surface area contributed by atoms with E-state index in [0.29, 0.717) is 12.6 Å². The molecule has 1 heterocycles. The molecule has 2 N–H and O–H groups in total. The van der Waals surface area contributed by atoms with Crippen molar-refractivity contribution in [3.8, 4) is 0 Å². The Kier molecular flexibility index (Phi) is 5.57. The quantitative estimate of drug-likeness (QED) is 0.763. The van der Waals surface area contributed by atoms with E-state index in [2.05, 4.69) is 38.0 Å². The summed E-state index contributed by atoms with van der Waals surface area (Å²) in [5.41, 5.74) is 0.0861. The Morgan fingerprint density at radius 2 is 2.19 bits per heavy atom. The van der Waals surface area contributed by atoms with Crippen molar-refractivity contribution in [2.24, 2.45) is 0 Å². The lowest BCUT2D eigenvalue weighted by Crippen LogP contribution is -2.46. The number of rotatable bonds is 5. The maximum atomic E-state index is 9.93. The van der Waals surface area contributed by atoms with Crippen molar-refractivity contribution in [2.75, 3.05) is 31.6 Å². The molecule has 2 atom stereocenters. The van der Waals surface area contributed by atoms with Gasteiger partial charge in [0.25, 0.3) is 0 Å². The lowest BCUT2D eigenvalue weighted by molar-refractivity contribution is 0.102. The van der Waals surface area contributed by atoms with Crippen molar-refractivity contribution in [1.29, 1.82) is 0 Å². The number of β-amino-alcohol motifs (C(OH)–C–C–N with tert-alkyl or cyclic N) is 1. The van der Waals surface area contributed by atoms with Crippen molar-refractivity contribution in [2.45, 2.75) is 44.9 Å². The summed E-state index contributed by atoms with van der Waals surface area (Å²) in [5, 5.41) is 13.3. The molecule has 0 aromatic rings. The second-order valence-corrected chi connectivity index (χ2v) is 6.89. The molecule has 2 unspecified atom stereocenters. The Balaban J connectivity index is 2.19. The van der Waals surface area contributed by atoms with E-state index in [9.17, 15) is 5.11 Å². The maximum Gasteiger partial charge on any atom is 0.0791 e. The molecule has 0 saturated carbocycles. The van der Waals surface area contributed by atoms with Crippen LogP contribution in [0.15, 0.2) is 0 Å². The van der Waals surface area contributed by atoms with Crippen LogP contribution in [-0.4, -0.2) is 59.3 Å². The van der Waals surface area contributed by atoms with Crippen LogP contribution in [0.25, 0.3) is 0 Å². The van der Waals surface area contributed by atoms with Gasteiger partial charge in [0.1, 0.15) is 0 Å². The van der Waals surface area contributed by atoms with E-state index >= 15 is 0 Å². The number of hydrogen-bond acceptors (Lipinski definition) is 4. The lowest BCUT2D eigenvalue weighted by Gasteiger charge is -2.28. The van der Waals surface area contributed by atoms with Gasteiger partial charge in [-0.3, -0.25) is 4.90 Å². The number of likely N-dealkylation sites (N-methyl/N-ethyl adjacent to an activating group) is 1. The highest BCUT2D eigenvalue weighted by molar-refractivity contribution is 7.99. The van der Waals surface area contributed by atoms with E-state index in [0.717, 1.165) is 6.54 Å². The van der Waals surface area contributed by atoms with E-state index in [1.54, 1.807) is 0 Å². The standard InChI is InChI=1S/C12H26N2OS/c1-12(2,3)13-7-11(15)8-14(4)10-5-6-16-9-10/h10-11,13,15H,5-9H2,1-4H3. The Morgan fingerprint density at radius 1 is 1.50 bits per heavy atom. The number of nitrogens with zero attached hydrogens (tertiary/aromatic N) is 1. The van der Waals surface area contributed by atoms with E-state index in [4.69, 9.17) is 0 Å². The van der Waals surface area contributed by atoms with Crippen molar-refractivity contribution in [3.05, 3.63) is 0 Å². The van der Waals surface area contributed by atoms with Gasteiger partial charge in [-0.25, -0.2) is 0 Å². The third kappa shape index (κ3) is 5.53. The first kappa shape index (κ1) is 14.3. The average Bonchev–Trinajstić information content (AvgIpc) is 2.66. The lowest BCUT2D eigenvalue weighted by atomic mass is 10.1. The monoisotopic (exact) mass is 246 g/mol. The number of nitrogens with one attached hydrogen (secondary N) is 1. The van der Waals surface area contributed by atoms with Crippen molar-refractivity contribution < 1.29 is 5.11 Å². The molecule has 0 aliphatic carbocycles. The number of aliphatic hydroxyl groups is 1. The fourth-order valence-electron chi connectivity index (χ4n) is 1.84. The zero-order chi connectivity index (χ0) is 12.2. The zero-order valence-corrected chi connectivity index (χ0v) is 11.8. The first-order valence-corrected chi connectivity index (χ1v) is 7.25. The largest absolute Gasteiger partial charge is 0.390 e. The Morgan fingerprint density at radius 3 is 2.69 bits per heavy atom. The molecule has 0 amide bonds. The second kappa shape index (κ2) is 6.24. The molecule has 3 nitrogen and oxygen atoms in total. The third-order valence-electron chi connectivity index (χ3n) is 2.90. The predicted octanol–water partition coefficient (Wildman–Crippen LogP) is 1.17. The summed E-state index contributed by atoms with van der Waals surface area (Å²) in [5.74, 6) is 2.49. The molecule has 0 aromatic heterocycles. The highest BCUT2D eigenvalue weighted by Crippen LogP contribution is 2.21. The third-order valence-corrected chi connectivity index (χ3v) is 4.04. The van der Waals surface area contributed by atoms with Gasteiger partial charge in [-0.05, 0) is 40.0 Å². The van der Waals surface area contributed by atoms with Crippen LogP contribution >= 0.6 is 11.8 Å². The van der Waals surface area contributed by atoms with Crippen molar-refractivity contribution >= 4 is 11.8 Å². The Labute approximate surface area is 104 Å². The molecule has 1 aliphatic rings. The fourth-order valence-corrected chi connectivity index (χ4v) is 3.14. The molecule has 16 heavy (non-hydrogen) atoms. The van der Waals surface area contributed by atoms with Gasteiger partial charge < -0.3 is 10.4 Å². The van der Waals surface area contributed by atoms with Crippen LogP contribution in [0.5, 0.6) is 0 Å². The first-order chi connectivity index (χ1) is 7.38. The van der Waals surface area contributed by atoms with Crippen LogP contribution < -0.4 is 5.32 Å². The van der Waals surface area contributed by atoms with Gasteiger partial charge in [-0.2, -0.15) is 11.8 Å². The van der Waals surface area contributed by atoms with Gasteiger partial charge in [0.15, 0.2) is 0 Å². The fraction of sp³-hybridized carbons (Fsp3) is 1.00.